The van der Waals surface area contributed by atoms with Crippen LogP contribution in [0, 0.1) is 0 Å². The van der Waals surface area contributed by atoms with Gasteiger partial charge in [0.15, 0.2) is 5.82 Å². The number of halogens is 3. The summed E-state index contributed by atoms with van der Waals surface area (Å²) >= 11 is 0. The molecule has 0 atom stereocenters. The predicted octanol–water partition coefficient (Wildman–Crippen LogP) is 4.94. The lowest BCUT2D eigenvalue weighted by atomic mass is 9.98. The van der Waals surface area contributed by atoms with Gasteiger partial charge in [-0.2, -0.15) is 13.2 Å². The van der Waals surface area contributed by atoms with E-state index in [1.54, 1.807) is 6.07 Å². The minimum absolute atomic E-state index is 0.262. The van der Waals surface area contributed by atoms with Gasteiger partial charge in [-0.25, -0.2) is 15.0 Å². The Labute approximate surface area is 151 Å². The fourth-order valence-electron chi connectivity index (χ4n) is 3.30. The van der Waals surface area contributed by atoms with Gasteiger partial charge in [-0.1, -0.05) is 30.3 Å². The Morgan fingerprint density at radius 2 is 1.48 bits per heavy atom. The number of pyridine rings is 1. The average Bonchev–Trinajstić information content (AvgIpc) is 2.67. The molecule has 7 heteroatoms. The molecule has 0 radical (unpaired) electrons. The Morgan fingerprint density at radius 1 is 0.778 bits per heavy atom. The molecule has 2 aromatic carbocycles. The highest BCUT2D eigenvalue weighted by Gasteiger charge is 2.30. The zero-order valence-electron chi connectivity index (χ0n) is 13.7. The zero-order chi connectivity index (χ0) is 18.8. The third-order valence-corrected chi connectivity index (χ3v) is 4.63. The summed E-state index contributed by atoms with van der Waals surface area (Å²) in [5, 5.41) is 0.972. The molecule has 2 aliphatic heterocycles. The Balaban J connectivity index is 1.80. The van der Waals surface area contributed by atoms with Gasteiger partial charge >= 0.3 is 6.18 Å². The van der Waals surface area contributed by atoms with Gasteiger partial charge in [0.05, 0.1) is 22.3 Å². The molecule has 5 bridgehead atoms. The minimum atomic E-state index is -4.39. The molecule has 0 saturated carbocycles. The predicted molar refractivity (Wildman–Crippen MR) is 96.6 cm³/mol. The third kappa shape index (κ3) is 2.43. The second-order valence-electron chi connectivity index (χ2n) is 6.34. The molecule has 4 aromatic rings. The number of benzene rings is 2. The van der Waals surface area contributed by atoms with E-state index in [1.165, 1.54) is 12.1 Å². The number of nitrogens with two attached hydrogens (primary N) is 1. The van der Waals surface area contributed by atoms with Gasteiger partial charge in [-0.15, -0.1) is 0 Å². The second kappa shape index (κ2) is 5.26. The van der Waals surface area contributed by atoms with Gasteiger partial charge in [0.1, 0.15) is 11.5 Å². The molecule has 6 rings (SSSR count). The van der Waals surface area contributed by atoms with Crippen molar-refractivity contribution in [2.45, 2.75) is 6.18 Å². The summed E-state index contributed by atoms with van der Waals surface area (Å²) in [5.41, 5.74) is 9.22. The minimum Gasteiger partial charge on any atom is -0.383 e. The smallest absolute Gasteiger partial charge is 0.383 e. The Morgan fingerprint density at radius 3 is 2.22 bits per heavy atom. The molecule has 2 N–H and O–H groups in total. The quantitative estimate of drug-likeness (QED) is 0.458. The lowest BCUT2D eigenvalue weighted by Gasteiger charge is -2.13. The van der Waals surface area contributed by atoms with Crippen LogP contribution in [-0.2, 0) is 6.18 Å². The normalized spacial score (nSPS) is 12.4. The third-order valence-electron chi connectivity index (χ3n) is 4.63. The molecule has 0 fully saturated rings. The summed E-state index contributed by atoms with van der Waals surface area (Å²) in [6.45, 7) is 0. The van der Waals surface area contributed by atoms with Gasteiger partial charge in [0, 0.05) is 10.9 Å². The number of hydrogen-bond acceptors (Lipinski definition) is 4. The first-order valence-electron chi connectivity index (χ1n) is 8.17. The molecule has 0 amide bonds. The highest BCUT2D eigenvalue weighted by atomic mass is 19.4. The monoisotopic (exact) mass is 364 g/mol. The molecule has 2 aromatic heterocycles. The Bertz CT molecular complexity index is 1210. The number of aromatic nitrogens is 3. The zero-order valence-corrected chi connectivity index (χ0v) is 13.7. The lowest BCUT2D eigenvalue weighted by molar-refractivity contribution is -0.137. The van der Waals surface area contributed by atoms with E-state index in [-0.39, 0.29) is 5.82 Å². The maximum atomic E-state index is 12.9. The highest BCUT2D eigenvalue weighted by molar-refractivity contribution is 5.94. The summed E-state index contributed by atoms with van der Waals surface area (Å²) in [5.74, 6) is 0.606. The van der Waals surface area contributed by atoms with Gasteiger partial charge < -0.3 is 5.73 Å². The lowest BCUT2D eigenvalue weighted by Crippen LogP contribution is -2.05. The van der Waals surface area contributed by atoms with E-state index in [1.807, 2.05) is 24.3 Å². The summed E-state index contributed by atoms with van der Waals surface area (Å²) in [6, 6.07) is 14.3. The van der Waals surface area contributed by atoms with Crippen molar-refractivity contribution in [1.29, 1.82) is 0 Å². The number of nitrogen functional groups attached to an aromatic ring is 1. The first-order valence-corrected chi connectivity index (χ1v) is 8.17. The van der Waals surface area contributed by atoms with Crippen molar-refractivity contribution in [3.05, 3.63) is 60.2 Å². The van der Waals surface area contributed by atoms with Crippen LogP contribution >= 0.6 is 0 Å². The van der Waals surface area contributed by atoms with Crippen LogP contribution in [0.1, 0.15) is 5.56 Å². The molecule has 0 spiro atoms. The molecule has 0 saturated heterocycles. The topological polar surface area (TPSA) is 64.7 Å². The van der Waals surface area contributed by atoms with E-state index < -0.39 is 11.7 Å². The summed E-state index contributed by atoms with van der Waals surface area (Å²) in [4.78, 5) is 13.5. The van der Waals surface area contributed by atoms with Gasteiger partial charge in [0.2, 0.25) is 0 Å². The van der Waals surface area contributed by atoms with E-state index in [2.05, 4.69) is 15.0 Å². The summed E-state index contributed by atoms with van der Waals surface area (Å²) in [6.07, 6.45) is -4.39. The molecule has 2 aliphatic rings. The number of anilines is 1. The summed E-state index contributed by atoms with van der Waals surface area (Å²) in [7, 11) is 0. The van der Waals surface area contributed by atoms with Crippen molar-refractivity contribution in [3.63, 3.8) is 0 Å². The van der Waals surface area contributed by atoms with Gasteiger partial charge in [-0.3, -0.25) is 0 Å². The molecule has 132 valence electrons. The van der Waals surface area contributed by atoms with Crippen LogP contribution in [0.4, 0.5) is 19.0 Å². The first kappa shape index (κ1) is 15.7. The maximum Gasteiger partial charge on any atom is 0.416 e. The van der Waals surface area contributed by atoms with Crippen molar-refractivity contribution < 1.29 is 13.2 Å². The van der Waals surface area contributed by atoms with Crippen LogP contribution in [0.15, 0.2) is 54.6 Å². The number of alkyl halides is 3. The fourth-order valence-corrected chi connectivity index (χ4v) is 3.30. The van der Waals surface area contributed by atoms with Crippen molar-refractivity contribution in [2.75, 3.05) is 5.73 Å². The van der Waals surface area contributed by atoms with Crippen LogP contribution in [0.3, 0.4) is 0 Å². The van der Waals surface area contributed by atoms with Crippen LogP contribution in [-0.4, -0.2) is 15.0 Å². The van der Waals surface area contributed by atoms with Crippen molar-refractivity contribution in [1.82, 2.24) is 15.0 Å². The highest BCUT2D eigenvalue weighted by Crippen LogP contribution is 2.39. The van der Waals surface area contributed by atoms with E-state index in [0.717, 1.165) is 28.6 Å². The number of rotatable bonds is 1. The van der Waals surface area contributed by atoms with E-state index in [0.29, 0.717) is 28.3 Å². The van der Waals surface area contributed by atoms with Crippen molar-refractivity contribution in [2.24, 2.45) is 0 Å². The fraction of sp³-hybridized carbons (Fsp3) is 0.0500. The average molecular weight is 364 g/mol. The Kier molecular flexibility index (Phi) is 3.07. The summed E-state index contributed by atoms with van der Waals surface area (Å²) < 4.78 is 38.7. The van der Waals surface area contributed by atoms with Gasteiger partial charge in [-0.05, 0) is 29.8 Å². The van der Waals surface area contributed by atoms with Crippen molar-refractivity contribution in [3.8, 4) is 33.9 Å². The van der Waals surface area contributed by atoms with E-state index >= 15 is 0 Å². The largest absolute Gasteiger partial charge is 0.416 e. The van der Waals surface area contributed by atoms with Crippen LogP contribution in [0.5, 0.6) is 0 Å². The molecular weight excluding hydrogens is 353 g/mol. The molecule has 0 unspecified atom stereocenters. The Hall–Kier alpha value is -3.48. The maximum absolute atomic E-state index is 12.9. The van der Waals surface area contributed by atoms with Gasteiger partial charge in [0.25, 0.3) is 0 Å². The second-order valence-corrected chi connectivity index (χ2v) is 6.34. The standard InChI is InChI=1S/C20H11F3N4/c21-20(22,23)13-6-3-11(4-7-13)17-16-12-2-1-10-5-8-14(25-15(10)9-12)19(26-17)27-18(16)24/h1-9H,(H2,24,26,27). The molecular formula is C20H11F3N4. The molecule has 27 heavy (non-hydrogen) atoms. The number of hydrogen-bond donors (Lipinski definition) is 1. The van der Waals surface area contributed by atoms with Crippen molar-refractivity contribution >= 4 is 16.7 Å². The number of fused-ring (bicyclic) bond motifs is 2. The SMILES string of the molecule is Nc1nc2nc(-c3ccc(C(F)(F)F)cc3)c1-c1ccc3ccc-2nc3c1. The molecule has 4 heterocycles. The molecule has 4 nitrogen and oxygen atoms in total. The first-order chi connectivity index (χ1) is 12.9. The van der Waals surface area contributed by atoms with E-state index in [4.69, 9.17) is 5.73 Å². The molecule has 0 aliphatic carbocycles. The number of nitrogens with zero attached hydrogens (tertiary/aromatic N) is 3. The van der Waals surface area contributed by atoms with Crippen LogP contribution in [0.25, 0.3) is 44.8 Å². The van der Waals surface area contributed by atoms with Crippen LogP contribution in [0.2, 0.25) is 0 Å². The van der Waals surface area contributed by atoms with E-state index in [9.17, 15) is 13.2 Å². The van der Waals surface area contributed by atoms with Crippen LogP contribution < -0.4 is 5.73 Å².